The molecule has 1 fully saturated rings. The molecular formula is C12H21NO5S. The number of carbonyl (C=O) groups is 2. The first-order valence-corrected chi connectivity index (χ1v) is 8.13. The van der Waals surface area contributed by atoms with E-state index in [0.29, 0.717) is 25.8 Å². The lowest BCUT2D eigenvalue weighted by atomic mass is 10.1. The molecule has 0 N–H and O–H groups in total. The molecule has 0 radical (unpaired) electrons. The lowest BCUT2D eigenvalue weighted by Crippen LogP contribution is -2.44. The summed E-state index contributed by atoms with van der Waals surface area (Å²) in [6.07, 6.45) is 2.51. The van der Waals surface area contributed by atoms with Gasteiger partial charge in [-0.05, 0) is 19.3 Å². The van der Waals surface area contributed by atoms with Crippen molar-refractivity contribution in [3.63, 3.8) is 0 Å². The molecule has 7 heteroatoms. The van der Waals surface area contributed by atoms with Crippen LogP contribution in [0.2, 0.25) is 0 Å². The van der Waals surface area contributed by atoms with Gasteiger partial charge in [0, 0.05) is 20.0 Å². The molecule has 1 saturated heterocycles. The second kappa shape index (κ2) is 6.88. The summed E-state index contributed by atoms with van der Waals surface area (Å²) < 4.78 is 28.2. The van der Waals surface area contributed by atoms with Gasteiger partial charge >= 0.3 is 5.97 Å². The van der Waals surface area contributed by atoms with Crippen LogP contribution in [0.25, 0.3) is 0 Å². The second-order valence-electron chi connectivity index (χ2n) is 4.79. The number of hydrogen-bond donors (Lipinski definition) is 0. The Balaban J connectivity index is 2.50. The van der Waals surface area contributed by atoms with E-state index in [1.54, 1.807) is 7.05 Å². The van der Waals surface area contributed by atoms with Gasteiger partial charge in [-0.3, -0.25) is 9.59 Å². The van der Waals surface area contributed by atoms with Crippen molar-refractivity contribution in [3.8, 4) is 0 Å². The summed E-state index contributed by atoms with van der Waals surface area (Å²) in [6, 6.07) is 0. The summed E-state index contributed by atoms with van der Waals surface area (Å²) >= 11 is 0. The number of rotatable bonds is 5. The fraction of sp³-hybridized carbons (Fsp3) is 0.833. The molecule has 0 aromatic heterocycles. The Morgan fingerprint density at radius 3 is 2.58 bits per heavy atom. The number of methoxy groups -OCH3 is 1. The van der Waals surface area contributed by atoms with Crippen LogP contribution in [0.3, 0.4) is 0 Å². The standard InChI is InChI=1S/C12H21NO5S/c1-13(8-5-7-11(14)18-2)12(15)10-6-3-4-9-19(10,16)17/h10H,3-9H2,1-2H3. The van der Waals surface area contributed by atoms with Crippen LogP contribution in [0.4, 0.5) is 0 Å². The molecule has 19 heavy (non-hydrogen) atoms. The normalized spacial score (nSPS) is 21.7. The first kappa shape index (κ1) is 15.9. The highest BCUT2D eigenvalue weighted by molar-refractivity contribution is 7.92. The highest BCUT2D eigenvalue weighted by Crippen LogP contribution is 2.21. The monoisotopic (exact) mass is 291 g/mol. The molecule has 1 aliphatic rings. The van der Waals surface area contributed by atoms with E-state index in [1.807, 2.05) is 0 Å². The van der Waals surface area contributed by atoms with Gasteiger partial charge < -0.3 is 9.64 Å². The molecule has 1 heterocycles. The van der Waals surface area contributed by atoms with Crippen molar-refractivity contribution >= 4 is 21.7 Å². The Morgan fingerprint density at radius 2 is 2.00 bits per heavy atom. The van der Waals surface area contributed by atoms with E-state index >= 15 is 0 Å². The van der Waals surface area contributed by atoms with Gasteiger partial charge in [0.25, 0.3) is 0 Å². The third kappa shape index (κ3) is 4.49. The zero-order chi connectivity index (χ0) is 14.5. The maximum absolute atomic E-state index is 12.1. The largest absolute Gasteiger partial charge is 0.469 e. The molecule has 0 bridgehead atoms. The van der Waals surface area contributed by atoms with Crippen LogP contribution in [0.5, 0.6) is 0 Å². The molecule has 0 saturated carbocycles. The highest BCUT2D eigenvalue weighted by atomic mass is 32.2. The Hall–Kier alpha value is -1.11. The Morgan fingerprint density at radius 1 is 1.32 bits per heavy atom. The Bertz CT molecular complexity index is 431. The number of amides is 1. The molecule has 1 amide bonds. The van der Waals surface area contributed by atoms with E-state index in [1.165, 1.54) is 12.0 Å². The summed E-state index contributed by atoms with van der Waals surface area (Å²) in [5.41, 5.74) is 0. The number of sulfone groups is 1. The van der Waals surface area contributed by atoms with E-state index in [0.717, 1.165) is 6.42 Å². The molecule has 1 unspecified atom stereocenters. The van der Waals surface area contributed by atoms with Gasteiger partial charge in [-0.25, -0.2) is 8.42 Å². The summed E-state index contributed by atoms with van der Waals surface area (Å²) in [5.74, 6) is -0.588. The zero-order valence-corrected chi connectivity index (χ0v) is 12.2. The summed E-state index contributed by atoms with van der Waals surface area (Å²) in [5, 5.41) is -0.899. The van der Waals surface area contributed by atoms with E-state index in [-0.39, 0.29) is 24.1 Å². The van der Waals surface area contributed by atoms with Crippen molar-refractivity contribution in [3.05, 3.63) is 0 Å². The van der Waals surface area contributed by atoms with Crippen molar-refractivity contribution in [1.82, 2.24) is 4.90 Å². The number of nitrogens with zero attached hydrogens (tertiary/aromatic N) is 1. The first-order valence-electron chi connectivity index (χ1n) is 6.42. The highest BCUT2D eigenvalue weighted by Gasteiger charge is 2.36. The molecule has 1 rings (SSSR count). The van der Waals surface area contributed by atoms with E-state index in [9.17, 15) is 18.0 Å². The van der Waals surface area contributed by atoms with Crippen molar-refractivity contribution in [1.29, 1.82) is 0 Å². The van der Waals surface area contributed by atoms with Crippen LogP contribution in [-0.2, 0) is 24.2 Å². The number of carbonyl (C=O) groups excluding carboxylic acids is 2. The SMILES string of the molecule is COC(=O)CCCN(C)C(=O)C1CCCCS1(=O)=O. The molecule has 0 aliphatic carbocycles. The predicted octanol–water partition coefficient (Wildman–Crippen LogP) is 0.365. The fourth-order valence-electron chi connectivity index (χ4n) is 2.15. The third-order valence-electron chi connectivity index (χ3n) is 3.33. The van der Waals surface area contributed by atoms with Crippen LogP contribution < -0.4 is 0 Å². The maximum atomic E-state index is 12.1. The van der Waals surface area contributed by atoms with Crippen molar-refractivity contribution < 1.29 is 22.7 Å². The van der Waals surface area contributed by atoms with Gasteiger partial charge in [0.15, 0.2) is 9.84 Å². The van der Waals surface area contributed by atoms with Gasteiger partial charge in [0.05, 0.1) is 12.9 Å². The summed E-state index contributed by atoms with van der Waals surface area (Å²) in [4.78, 5) is 24.4. The smallest absolute Gasteiger partial charge is 0.305 e. The molecule has 0 spiro atoms. The molecule has 0 aromatic rings. The van der Waals surface area contributed by atoms with E-state index in [4.69, 9.17) is 0 Å². The van der Waals surface area contributed by atoms with Gasteiger partial charge in [-0.1, -0.05) is 6.42 Å². The van der Waals surface area contributed by atoms with Crippen molar-refractivity contribution in [2.75, 3.05) is 26.5 Å². The van der Waals surface area contributed by atoms with E-state index < -0.39 is 15.1 Å². The lowest BCUT2D eigenvalue weighted by Gasteiger charge is -2.26. The van der Waals surface area contributed by atoms with Gasteiger partial charge in [0.1, 0.15) is 5.25 Å². The van der Waals surface area contributed by atoms with Crippen molar-refractivity contribution in [2.45, 2.75) is 37.4 Å². The van der Waals surface area contributed by atoms with Gasteiger partial charge in [-0.2, -0.15) is 0 Å². The molecule has 110 valence electrons. The minimum Gasteiger partial charge on any atom is -0.469 e. The van der Waals surface area contributed by atoms with Crippen molar-refractivity contribution in [2.24, 2.45) is 0 Å². The second-order valence-corrected chi connectivity index (χ2v) is 7.09. The number of esters is 1. The average molecular weight is 291 g/mol. The van der Waals surface area contributed by atoms with Crippen LogP contribution in [-0.4, -0.2) is 56.9 Å². The average Bonchev–Trinajstić information content (AvgIpc) is 2.37. The molecule has 0 aromatic carbocycles. The zero-order valence-electron chi connectivity index (χ0n) is 11.4. The van der Waals surface area contributed by atoms with E-state index in [2.05, 4.69) is 4.74 Å². The van der Waals surface area contributed by atoms with Crippen LogP contribution in [0.15, 0.2) is 0 Å². The minimum atomic E-state index is -3.30. The van der Waals surface area contributed by atoms with Gasteiger partial charge in [-0.15, -0.1) is 0 Å². The Labute approximate surface area is 114 Å². The van der Waals surface area contributed by atoms with Gasteiger partial charge in [0.2, 0.25) is 5.91 Å². The number of ether oxygens (including phenoxy) is 1. The maximum Gasteiger partial charge on any atom is 0.305 e. The van der Waals surface area contributed by atoms with Crippen LogP contribution in [0, 0.1) is 0 Å². The molecule has 1 aliphatic heterocycles. The minimum absolute atomic E-state index is 0.0966. The third-order valence-corrected chi connectivity index (χ3v) is 5.49. The van der Waals surface area contributed by atoms with Crippen LogP contribution >= 0.6 is 0 Å². The Kier molecular flexibility index (Phi) is 5.78. The summed E-state index contributed by atoms with van der Waals surface area (Å²) in [7, 11) is -0.412. The molecule has 6 nitrogen and oxygen atoms in total. The molecule has 1 atom stereocenters. The number of hydrogen-bond acceptors (Lipinski definition) is 5. The lowest BCUT2D eigenvalue weighted by molar-refractivity contribution is -0.141. The topological polar surface area (TPSA) is 80.8 Å². The predicted molar refractivity (Wildman–Crippen MR) is 70.3 cm³/mol. The first-order chi connectivity index (χ1) is 8.88. The molecular weight excluding hydrogens is 270 g/mol. The fourth-order valence-corrected chi connectivity index (χ4v) is 4.05. The quantitative estimate of drug-likeness (QED) is 0.683. The van der Waals surface area contributed by atoms with Crippen LogP contribution in [0.1, 0.15) is 32.1 Å². The summed E-state index contributed by atoms with van der Waals surface area (Å²) in [6.45, 7) is 0.361.